The number of alkyl halides is 6. The molecule has 111 heavy (non-hydrogen) atoms. The van der Waals surface area contributed by atoms with Crippen LogP contribution in [0.4, 0.5) is 35.1 Å². The number of halogens is 8. The first-order chi connectivity index (χ1) is 52.2. The molecule has 3 N–H and O–H groups in total. The predicted molar refractivity (Wildman–Crippen MR) is 390 cm³/mol. The van der Waals surface area contributed by atoms with Crippen LogP contribution in [0.5, 0.6) is 0 Å². The summed E-state index contributed by atoms with van der Waals surface area (Å²) in [7, 11) is 10.8. The van der Waals surface area contributed by atoms with Gasteiger partial charge >= 0.3 is 12.4 Å². The number of rotatable bonds is 13. The van der Waals surface area contributed by atoms with E-state index in [1.807, 2.05) is 0 Å². The van der Waals surface area contributed by atoms with Crippen LogP contribution in [-0.2, 0) is 87.5 Å². The molecule has 3 heterocycles. The van der Waals surface area contributed by atoms with Gasteiger partial charge in [0.25, 0.3) is 0 Å². The largest absolute Gasteiger partial charge is 0.422 e. The quantitative estimate of drug-likeness (QED) is 0.140. The summed E-state index contributed by atoms with van der Waals surface area (Å²) < 4.78 is 120. The van der Waals surface area contributed by atoms with Crippen LogP contribution in [0.3, 0.4) is 0 Å². The molecule has 3 aliphatic heterocycles. The van der Waals surface area contributed by atoms with E-state index in [1.165, 1.54) is 64.0 Å². The van der Waals surface area contributed by atoms with Crippen molar-refractivity contribution >= 4 is 70.9 Å². The second kappa shape index (κ2) is 37.7. The standard InChI is InChI=1S/C78H108F8N12O13/c1-12-46(3)65-73(108)92(7)45-63(101)93(8)56-27-18-15-21-36-97(72(56)107)60(40-48-28-31-51(32-29-48)77(81,82)83)71(106)91(6)44-61(99)87-55(33-30-49-37-53(79)64(54(80)38-49)78(84,85)86)69(104)98-43-52(111-13-2)41-58(98)68(103)89-76(34-22-35-76)75(110)96(11)66(50-25-19-20-26-50)74(109)95(10)59(70(105)90(4)5)42-62(100)94(9)57(67(102)88-65)39-47-23-16-14-17-24-47/h15,18,28-29,31-32,37-38,46-47,50,52,55-60,65-66H,12-14,16-17,19-27,30,33-36,39-45H2,1-11H3,(H,87,99)(H,88,102)(H,89,103)/b18-15-/t46-,52+,55-,56-,57-,58-,59-,60-,65-,66-/m0/s1. The van der Waals surface area contributed by atoms with Crippen molar-refractivity contribution in [2.75, 3.05) is 89.2 Å². The zero-order valence-corrected chi connectivity index (χ0v) is 65.3. The van der Waals surface area contributed by atoms with Crippen LogP contribution < -0.4 is 16.0 Å². The van der Waals surface area contributed by atoms with Crippen molar-refractivity contribution in [3.8, 4) is 0 Å². The number of hydrogen-bond acceptors (Lipinski definition) is 13. The SMILES string of the molecule is CCO[C@@H]1C[C@H]2C(=O)NC3(CCC3)C(=O)N(C)[C@@H](C3CCCC3)C(=O)N(C)[C@H](C(=O)N(C)C)CC(=O)N(C)[C@@H](CC3CCCCC3)C(=O)N[C@@H]([C@@H](C)CC)C(=O)N(C)CC(=O)N(C)[C@H]3C/C=C\CCN(C3=O)[C@@H](Cc3ccc(C(F)(F)F)cc3)C(=O)N(C)CC(=O)N[C@@H](CCc3cc(F)c(C(F)(F)F)c(F)c3)C(=O)N2C1. The van der Waals surface area contributed by atoms with Crippen molar-refractivity contribution in [3.63, 3.8) is 0 Å². The third kappa shape index (κ3) is 21.1. The normalized spacial score (nSPS) is 26.7. The van der Waals surface area contributed by atoms with Crippen molar-refractivity contribution in [3.05, 3.63) is 82.4 Å². The maximum absolute atomic E-state index is 15.6. The fourth-order valence-corrected chi connectivity index (χ4v) is 16.3. The molecule has 6 aliphatic rings. The lowest BCUT2D eigenvalue weighted by Crippen LogP contribution is -2.68. The molecule has 3 saturated carbocycles. The minimum atomic E-state index is -5.46. The number of amides is 12. The maximum atomic E-state index is 15.6. The van der Waals surface area contributed by atoms with Crippen LogP contribution >= 0.6 is 0 Å². The van der Waals surface area contributed by atoms with Gasteiger partial charge in [0.05, 0.1) is 31.2 Å². The molecule has 5 fully saturated rings. The lowest BCUT2D eigenvalue weighted by Gasteiger charge is -2.46. The third-order valence-electron chi connectivity index (χ3n) is 23.3. The Morgan fingerprint density at radius 1 is 0.649 bits per heavy atom. The van der Waals surface area contributed by atoms with Gasteiger partial charge in [0.15, 0.2) is 0 Å². The molecule has 2 aromatic rings. The van der Waals surface area contributed by atoms with E-state index in [0.717, 1.165) is 92.8 Å². The van der Waals surface area contributed by atoms with Crippen LogP contribution in [0.25, 0.3) is 0 Å². The van der Waals surface area contributed by atoms with Gasteiger partial charge < -0.3 is 64.8 Å². The van der Waals surface area contributed by atoms with Gasteiger partial charge in [-0.15, -0.1) is 0 Å². The molecule has 3 aliphatic carbocycles. The Labute approximate surface area is 643 Å². The Hall–Kier alpha value is -8.78. The molecule has 10 atom stereocenters. The summed E-state index contributed by atoms with van der Waals surface area (Å²) in [5, 5.41) is 8.37. The molecule has 1 spiro atoms. The molecule has 33 heteroatoms. The minimum Gasteiger partial charge on any atom is -0.377 e. The molecule has 0 aromatic heterocycles. The average molecular weight is 1570 g/mol. The highest BCUT2D eigenvalue weighted by Gasteiger charge is 2.54. The number of nitrogens with zero attached hydrogens (tertiary/aromatic N) is 9. The van der Waals surface area contributed by atoms with Crippen molar-refractivity contribution < 1.29 is 97.4 Å². The summed E-state index contributed by atoms with van der Waals surface area (Å²) in [6.07, 6.45) is -3.13. The number of fused-ring (bicyclic) bond motifs is 3. The number of benzene rings is 2. The highest BCUT2D eigenvalue weighted by atomic mass is 19.4. The van der Waals surface area contributed by atoms with Crippen molar-refractivity contribution in [2.24, 2.45) is 17.8 Å². The van der Waals surface area contributed by atoms with Crippen molar-refractivity contribution in [2.45, 2.75) is 228 Å². The Morgan fingerprint density at radius 3 is 1.85 bits per heavy atom. The molecule has 2 bridgehead atoms. The van der Waals surface area contributed by atoms with Gasteiger partial charge in [-0.05, 0) is 124 Å². The molecular weight excluding hydrogens is 1460 g/mol. The molecule has 2 saturated heterocycles. The monoisotopic (exact) mass is 1570 g/mol. The minimum absolute atomic E-state index is 0.0384. The van der Waals surface area contributed by atoms with Crippen molar-refractivity contribution in [1.82, 2.24) is 60.0 Å². The van der Waals surface area contributed by atoms with E-state index in [1.54, 1.807) is 32.9 Å². The second-order valence-electron chi connectivity index (χ2n) is 31.1. The number of carbonyl (C=O) groups is 12. The van der Waals surface area contributed by atoms with Crippen LogP contribution in [0.15, 0.2) is 48.6 Å². The number of likely N-dealkylation sites (N-methyl/N-ethyl adjacent to an activating group) is 7. The van der Waals surface area contributed by atoms with E-state index in [9.17, 15) is 45.5 Å². The fraction of sp³-hybridized carbons (Fsp3) is 0.667. The van der Waals surface area contributed by atoms with Gasteiger partial charge in [-0.25, -0.2) is 8.78 Å². The zero-order chi connectivity index (χ0) is 81.9. The van der Waals surface area contributed by atoms with E-state index in [0.29, 0.717) is 50.7 Å². The van der Waals surface area contributed by atoms with Crippen LogP contribution in [0.1, 0.15) is 165 Å². The second-order valence-corrected chi connectivity index (χ2v) is 31.1. The molecule has 25 nitrogen and oxygen atoms in total. The van der Waals surface area contributed by atoms with Gasteiger partial charge in [-0.2, -0.15) is 26.3 Å². The van der Waals surface area contributed by atoms with Gasteiger partial charge in [-0.1, -0.05) is 89.5 Å². The topological polar surface area (TPSA) is 279 Å². The Bertz CT molecular complexity index is 3730. The fourth-order valence-electron chi connectivity index (χ4n) is 16.3. The van der Waals surface area contributed by atoms with Crippen LogP contribution in [0, 0.1) is 29.4 Å². The van der Waals surface area contributed by atoms with Gasteiger partial charge in [0, 0.05) is 88.9 Å². The number of carbonyl (C=O) groups excluding carboxylic acids is 12. The van der Waals surface area contributed by atoms with Crippen molar-refractivity contribution in [1.29, 1.82) is 0 Å². The summed E-state index contributed by atoms with van der Waals surface area (Å²) in [4.78, 5) is 192. The highest BCUT2D eigenvalue weighted by molar-refractivity contribution is 6.01. The number of ether oxygens (including phenoxy) is 1. The Morgan fingerprint density at radius 2 is 1.27 bits per heavy atom. The lowest BCUT2D eigenvalue weighted by molar-refractivity contribution is -0.158. The molecular formula is C78H108F8N12O13. The van der Waals surface area contributed by atoms with Gasteiger partial charge in [0.1, 0.15) is 71.1 Å². The first kappa shape index (κ1) is 87.8. The molecule has 12 amide bonds. The van der Waals surface area contributed by atoms with Crippen LogP contribution in [0.2, 0.25) is 0 Å². The van der Waals surface area contributed by atoms with E-state index < -0.39 is 222 Å². The average Bonchev–Trinajstić information content (AvgIpc) is 1.74. The summed E-state index contributed by atoms with van der Waals surface area (Å²) >= 11 is 0. The maximum Gasteiger partial charge on any atom is 0.422 e. The third-order valence-corrected chi connectivity index (χ3v) is 23.3. The van der Waals surface area contributed by atoms with E-state index in [2.05, 4.69) is 16.0 Å². The number of aryl methyl sites for hydroxylation is 1. The van der Waals surface area contributed by atoms with E-state index >= 15 is 47.1 Å². The first-order valence-electron chi connectivity index (χ1n) is 38.5. The Kier molecular flexibility index (Phi) is 29.8. The molecule has 8 rings (SSSR count). The van der Waals surface area contributed by atoms with E-state index in [-0.39, 0.29) is 69.7 Å². The van der Waals surface area contributed by atoms with Gasteiger partial charge in [0.2, 0.25) is 70.9 Å². The number of hydrogen-bond donors (Lipinski definition) is 3. The summed E-state index contributed by atoms with van der Waals surface area (Å²) in [5.41, 5.74) is -5.24. The molecule has 0 unspecified atom stereocenters. The zero-order valence-electron chi connectivity index (χ0n) is 65.3. The summed E-state index contributed by atoms with van der Waals surface area (Å²) in [5.74, 6) is -15.0. The van der Waals surface area contributed by atoms with Gasteiger partial charge in [-0.3, -0.25) is 57.5 Å². The summed E-state index contributed by atoms with van der Waals surface area (Å²) in [6, 6.07) is -7.21. The van der Waals surface area contributed by atoms with E-state index in [4.69, 9.17) is 4.74 Å². The summed E-state index contributed by atoms with van der Waals surface area (Å²) in [6.45, 7) is 2.99. The Balaban J connectivity index is 1.23. The number of nitrogens with one attached hydrogen (secondary N) is 3. The molecule has 2 aromatic carbocycles. The first-order valence-corrected chi connectivity index (χ1v) is 38.5. The predicted octanol–water partition coefficient (Wildman–Crippen LogP) is 6.66. The smallest absolute Gasteiger partial charge is 0.377 e. The van der Waals surface area contributed by atoms with Crippen LogP contribution in [-0.4, -0.2) is 264 Å². The molecule has 614 valence electrons. The highest BCUT2D eigenvalue weighted by Crippen LogP contribution is 2.40. The lowest BCUT2D eigenvalue weighted by atomic mass is 9.74. The molecule has 0 radical (unpaired) electrons.